The van der Waals surface area contributed by atoms with Gasteiger partial charge in [0.15, 0.2) is 5.65 Å². The van der Waals surface area contributed by atoms with Gasteiger partial charge in [-0.1, -0.05) is 0 Å². The van der Waals surface area contributed by atoms with E-state index in [-0.39, 0.29) is 12.0 Å². The van der Waals surface area contributed by atoms with Gasteiger partial charge in [-0.3, -0.25) is 9.48 Å². The number of rotatable bonds is 5. The molecule has 6 heteroatoms. The lowest BCUT2D eigenvalue weighted by molar-refractivity contribution is -0.137. The standard InChI is InChI=1S/C13H18N4O2/c1-13(2,6-4-11(18)19)16-10-5-7-14-12-9(10)8-15-17(12)3/h5,7-8H,4,6H2,1-3H3,(H,14,16)(H,18,19). The summed E-state index contributed by atoms with van der Waals surface area (Å²) in [6, 6.07) is 1.88. The quantitative estimate of drug-likeness (QED) is 0.861. The summed E-state index contributed by atoms with van der Waals surface area (Å²) in [7, 11) is 1.84. The summed E-state index contributed by atoms with van der Waals surface area (Å²) in [4.78, 5) is 14.9. The van der Waals surface area contributed by atoms with E-state index < -0.39 is 5.97 Å². The van der Waals surface area contributed by atoms with Gasteiger partial charge in [0.2, 0.25) is 0 Å². The Balaban J connectivity index is 2.23. The predicted octanol–water partition coefficient (Wildman–Crippen LogP) is 2.02. The van der Waals surface area contributed by atoms with Gasteiger partial charge in [0.1, 0.15) is 0 Å². The molecule has 0 aliphatic heterocycles. The molecule has 0 radical (unpaired) electrons. The number of pyridine rings is 1. The number of fused-ring (bicyclic) bond motifs is 1. The van der Waals surface area contributed by atoms with E-state index in [0.29, 0.717) is 6.42 Å². The Morgan fingerprint density at radius 3 is 2.95 bits per heavy atom. The first-order valence-corrected chi connectivity index (χ1v) is 6.16. The van der Waals surface area contributed by atoms with Crippen LogP contribution < -0.4 is 5.32 Å². The van der Waals surface area contributed by atoms with Crippen LogP contribution in [0, 0.1) is 0 Å². The molecular weight excluding hydrogens is 244 g/mol. The molecule has 2 rings (SSSR count). The summed E-state index contributed by atoms with van der Waals surface area (Å²) >= 11 is 0. The van der Waals surface area contributed by atoms with Crippen molar-refractivity contribution in [2.45, 2.75) is 32.2 Å². The average molecular weight is 262 g/mol. The van der Waals surface area contributed by atoms with Crippen molar-refractivity contribution in [1.82, 2.24) is 14.8 Å². The molecule has 0 aromatic carbocycles. The molecule has 6 nitrogen and oxygen atoms in total. The molecule has 0 amide bonds. The molecule has 0 aliphatic carbocycles. The first-order chi connectivity index (χ1) is 8.89. The number of aromatic nitrogens is 3. The highest BCUT2D eigenvalue weighted by Crippen LogP contribution is 2.25. The minimum absolute atomic E-state index is 0.140. The minimum atomic E-state index is -0.781. The van der Waals surface area contributed by atoms with Crippen LogP contribution in [0.2, 0.25) is 0 Å². The fourth-order valence-electron chi connectivity index (χ4n) is 2.00. The molecule has 0 spiro atoms. The normalized spacial score (nSPS) is 11.7. The summed E-state index contributed by atoms with van der Waals surface area (Å²) in [5.74, 6) is -0.781. The molecule has 2 N–H and O–H groups in total. The van der Waals surface area contributed by atoms with Crippen LogP contribution in [0.5, 0.6) is 0 Å². The monoisotopic (exact) mass is 262 g/mol. The second kappa shape index (κ2) is 4.87. The Kier molecular flexibility index (Phi) is 3.42. The number of hydrogen-bond acceptors (Lipinski definition) is 4. The first kappa shape index (κ1) is 13.3. The summed E-state index contributed by atoms with van der Waals surface area (Å²) < 4.78 is 1.71. The Morgan fingerprint density at radius 1 is 1.53 bits per heavy atom. The van der Waals surface area contributed by atoms with Crippen molar-refractivity contribution in [3.05, 3.63) is 18.5 Å². The number of nitrogens with one attached hydrogen (secondary N) is 1. The van der Waals surface area contributed by atoms with Crippen LogP contribution in [0.3, 0.4) is 0 Å². The second-order valence-corrected chi connectivity index (χ2v) is 5.27. The van der Waals surface area contributed by atoms with E-state index in [1.165, 1.54) is 0 Å². The van der Waals surface area contributed by atoms with Crippen LogP contribution in [-0.4, -0.2) is 31.4 Å². The Hall–Kier alpha value is -2.11. The highest BCUT2D eigenvalue weighted by Gasteiger charge is 2.20. The van der Waals surface area contributed by atoms with Crippen LogP contribution in [0.15, 0.2) is 18.5 Å². The lowest BCUT2D eigenvalue weighted by atomic mass is 9.98. The van der Waals surface area contributed by atoms with Crippen LogP contribution in [0.1, 0.15) is 26.7 Å². The van der Waals surface area contributed by atoms with Gasteiger partial charge in [-0.05, 0) is 26.3 Å². The number of nitrogens with zero attached hydrogens (tertiary/aromatic N) is 3. The van der Waals surface area contributed by atoms with Gasteiger partial charge in [-0.2, -0.15) is 5.10 Å². The van der Waals surface area contributed by atoms with Crippen molar-refractivity contribution in [1.29, 1.82) is 0 Å². The third-order valence-corrected chi connectivity index (χ3v) is 3.07. The van der Waals surface area contributed by atoms with Gasteiger partial charge in [-0.15, -0.1) is 0 Å². The Labute approximate surface area is 111 Å². The fraction of sp³-hybridized carbons (Fsp3) is 0.462. The number of aryl methyl sites for hydroxylation is 1. The molecule has 2 aromatic rings. The van der Waals surface area contributed by atoms with Crippen molar-refractivity contribution in [2.24, 2.45) is 7.05 Å². The Bertz CT molecular complexity index is 604. The summed E-state index contributed by atoms with van der Waals surface area (Å²) in [5, 5.41) is 17.3. The number of carboxylic acid groups (broad SMARTS) is 1. The predicted molar refractivity (Wildman–Crippen MR) is 73.1 cm³/mol. The number of carboxylic acids is 1. The molecule has 102 valence electrons. The van der Waals surface area contributed by atoms with E-state index in [0.717, 1.165) is 16.7 Å². The maximum Gasteiger partial charge on any atom is 0.303 e. The van der Waals surface area contributed by atoms with Crippen molar-refractivity contribution >= 4 is 22.7 Å². The molecule has 0 aliphatic rings. The average Bonchev–Trinajstić information content (AvgIpc) is 2.70. The van der Waals surface area contributed by atoms with Crippen molar-refractivity contribution in [2.75, 3.05) is 5.32 Å². The van der Waals surface area contributed by atoms with Crippen LogP contribution in [0.4, 0.5) is 5.69 Å². The molecule has 0 saturated carbocycles. The third kappa shape index (κ3) is 3.01. The summed E-state index contributed by atoms with van der Waals surface area (Å²) in [6.45, 7) is 3.97. The minimum Gasteiger partial charge on any atom is -0.481 e. The van der Waals surface area contributed by atoms with Crippen LogP contribution in [-0.2, 0) is 11.8 Å². The van der Waals surface area contributed by atoms with Gasteiger partial charge >= 0.3 is 5.97 Å². The van der Waals surface area contributed by atoms with E-state index in [9.17, 15) is 4.79 Å². The van der Waals surface area contributed by atoms with Crippen molar-refractivity contribution in [3.8, 4) is 0 Å². The summed E-state index contributed by atoms with van der Waals surface area (Å²) in [5.41, 5.74) is 1.43. The van der Waals surface area contributed by atoms with Gasteiger partial charge in [0, 0.05) is 30.9 Å². The third-order valence-electron chi connectivity index (χ3n) is 3.07. The van der Waals surface area contributed by atoms with Crippen molar-refractivity contribution in [3.63, 3.8) is 0 Å². The lowest BCUT2D eigenvalue weighted by Gasteiger charge is -2.27. The number of aliphatic carboxylic acids is 1. The Morgan fingerprint density at radius 2 is 2.26 bits per heavy atom. The molecule has 19 heavy (non-hydrogen) atoms. The molecule has 2 aromatic heterocycles. The highest BCUT2D eigenvalue weighted by molar-refractivity contribution is 5.88. The molecular formula is C13H18N4O2. The SMILES string of the molecule is Cn1ncc2c(NC(C)(C)CCC(=O)O)ccnc21. The molecule has 0 atom stereocenters. The first-order valence-electron chi connectivity index (χ1n) is 6.16. The van der Waals surface area contributed by atoms with Gasteiger partial charge in [0.25, 0.3) is 0 Å². The van der Waals surface area contributed by atoms with Crippen LogP contribution in [0.25, 0.3) is 11.0 Å². The zero-order valence-electron chi connectivity index (χ0n) is 11.3. The zero-order valence-corrected chi connectivity index (χ0v) is 11.3. The van der Waals surface area contributed by atoms with E-state index in [2.05, 4.69) is 15.4 Å². The largest absolute Gasteiger partial charge is 0.481 e. The number of carbonyl (C=O) groups is 1. The zero-order chi connectivity index (χ0) is 14.0. The molecule has 2 heterocycles. The molecule has 0 saturated heterocycles. The molecule has 0 unspecified atom stereocenters. The van der Waals surface area contributed by atoms with Gasteiger partial charge < -0.3 is 10.4 Å². The van der Waals surface area contributed by atoms with E-state index in [1.54, 1.807) is 17.1 Å². The smallest absolute Gasteiger partial charge is 0.303 e. The lowest BCUT2D eigenvalue weighted by Crippen LogP contribution is -2.31. The molecule has 0 bridgehead atoms. The van der Waals surface area contributed by atoms with Crippen LogP contribution >= 0.6 is 0 Å². The summed E-state index contributed by atoms with van der Waals surface area (Å²) in [6.07, 6.45) is 4.17. The van der Waals surface area contributed by atoms with Gasteiger partial charge in [0.05, 0.1) is 11.6 Å². The highest BCUT2D eigenvalue weighted by atomic mass is 16.4. The molecule has 0 fully saturated rings. The van der Waals surface area contributed by atoms with E-state index in [4.69, 9.17) is 5.11 Å². The topological polar surface area (TPSA) is 80.0 Å². The van der Waals surface area contributed by atoms with E-state index in [1.807, 2.05) is 27.0 Å². The maximum absolute atomic E-state index is 10.7. The van der Waals surface area contributed by atoms with Crippen molar-refractivity contribution < 1.29 is 9.90 Å². The van der Waals surface area contributed by atoms with Gasteiger partial charge in [-0.25, -0.2) is 4.98 Å². The fourth-order valence-corrected chi connectivity index (χ4v) is 2.00. The van der Waals surface area contributed by atoms with E-state index >= 15 is 0 Å². The second-order valence-electron chi connectivity index (χ2n) is 5.27. The number of hydrogen-bond donors (Lipinski definition) is 2. The maximum atomic E-state index is 10.7. The number of anilines is 1.